The minimum atomic E-state index is -0.301. The van der Waals surface area contributed by atoms with Gasteiger partial charge in [-0.25, -0.2) is 4.68 Å². The highest BCUT2D eigenvalue weighted by atomic mass is 16.1. The number of hydrogen-bond donors (Lipinski definition) is 2. The van der Waals surface area contributed by atoms with E-state index in [4.69, 9.17) is 5.73 Å². The van der Waals surface area contributed by atoms with Crippen molar-refractivity contribution in [3.8, 4) is 0 Å². The molecule has 1 amide bonds. The van der Waals surface area contributed by atoms with E-state index in [-0.39, 0.29) is 18.4 Å². The number of likely N-dealkylation sites (tertiary alicyclic amines) is 1. The standard InChI is InChI=1S/C19H27N5O/c1-2-23-12-9-16(10-13-23)24-18(8-11-21-24)22-19(25)14-17(20)15-6-4-3-5-7-15/h3-8,11,16-17H,2,9-10,12-14,20H2,1H3,(H,22,25). The molecule has 1 saturated heterocycles. The molecule has 25 heavy (non-hydrogen) atoms. The molecule has 0 aliphatic carbocycles. The second-order valence-corrected chi connectivity index (χ2v) is 6.60. The number of amides is 1. The van der Waals surface area contributed by atoms with Crippen LogP contribution in [0.4, 0.5) is 5.82 Å². The third-order valence-corrected chi connectivity index (χ3v) is 4.92. The number of nitrogens with one attached hydrogen (secondary N) is 1. The Morgan fingerprint density at radius 1 is 1.28 bits per heavy atom. The minimum Gasteiger partial charge on any atom is -0.324 e. The largest absolute Gasteiger partial charge is 0.324 e. The topological polar surface area (TPSA) is 76.2 Å². The highest BCUT2D eigenvalue weighted by molar-refractivity contribution is 5.90. The van der Waals surface area contributed by atoms with Crippen LogP contribution in [0.1, 0.15) is 43.8 Å². The first-order valence-corrected chi connectivity index (χ1v) is 9.03. The van der Waals surface area contributed by atoms with Gasteiger partial charge in [-0.1, -0.05) is 37.3 Å². The summed E-state index contributed by atoms with van der Waals surface area (Å²) in [7, 11) is 0. The van der Waals surface area contributed by atoms with Gasteiger partial charge in [0.25, 0.3) is 0 Å². The molecule has 1 aromatic heterocycles. The monoisotopic (exact) mass is 341 g/mol. The summed E-state index contributed by atoms with van der Waals surface area (Å²) in [6.45, 7) is 5.43. The van der Waals surface area contributed by atoms with Crippen molar-refractivity contribution in [3.05, 3.63) is 48.2 Å². The van der Waals surface area contributed by atoms with Crippen LogP contribution in [0.15, 0.2) is 42.6 Å². The van der Waals surface area contributed by atoms with Crippen molar-refractivity contribution in [2.45, 2.75) is 38.3 Å². The second kappa shape index (κ2) is 8.27. The van der Waals surface area contributed by atoms with Gasteiger partial charge in [-0.2, -0.15) is 5.10 Å². The van der Waals surface area contributed by atoms with Crippen LogP contribution in [0.25, 0.3) is 0 Å². The van der Waals surface area contributed by atoms with Crippen molar-refractivity contribution in [2.75, 3.05) is 25.0 Å². The fourth-order valence-electron chi connectivity index (χ4n) is 3.40. The third kappa shape index (κ3) is 4.46. The van der Waals surface area contributed by atoms with Gasteiger partial charge in [0.15, 0.2) is 0 Å². The van der Waals surface area contributed by atoms with Crippen molar-refractivity contribution in [1.29, 1.82) is 0 Å². The summed E-state index contributed by atoms with van der Waals surface area (Å²) >= 11 is 0. The quantitative estimate of drug-likeness (QED) is 0.847. The van der Waals surface area contributed by atoms with E-state index in [2.05, 4.69) is 22.2 Å². The van der Waals surface area contributed by atoms with Crippen LogP contribution in [0.5, 0.6) is 0 Å². The van der Waals surface area contributed by atoms with E-state index in [1.54, 1.807) is 6.20 Å². The van der Waals surface area contributed by atoms with Crippen molar-refractivity contribution in [2.24, 2.45) is 5.73 Å². The van der Waals surface area contributed by atoms with Gasteiger partial charge in [-0.05, 0) is 24.9 Å². The lowest BCUT2D eigenvalue weighted by atomic mass is 10.0. The van der Waals surface area contributed by atoms with Gasteiger partial charge >= 0.3 is 0 Å². The Morgan fingerprint density at radius 2 is 2.00 bits per heavy atom. The molecular weight excluding hydrogens is 314 g/mol. The predicted octanol–water partition coefficient (Wildman–Crippen LogP) is 2.57. The predicted molar refractivity (Wildman–Crippen MR) is 99.2 cm³/mol. The van der Waals surface area contributed by atoms with Crippen molar-refractivity contribution in [3.63, 3.8) is 0 Å². The number of nitrogens with zero attached hydrogens (tertiary/aromatic N) is 3. The van der Waals surface area contributed by atoms with Crippen LogP contribution >= 0.6 is 0 Å². The first-order valence-electron chi connectivity index (χ1n) is 9.03. The molecule has 0 saturated carbocycles. The molecule has 1 fully saturated rings. The number of hydrogen-bond acceptors (Lipinski definition) is 4. The number of carbonyl (C=O) groups is 1. The molecule has 1 aliphatic rings. The van der Waals surface area contributed by atoms with E-state index in [1.807, 2.05) is 41.1 Å². The molecule has 134 valence electrons. The number of piperidine rings is 1. The Kier molecular flexibility index (Phi) is 5.83. The molecule has 1 aromatic carbocycles. The molecule has 3 N–H and O–H groups in total. The summed E-state index contributed by atoms with van der Waals surface area (Å²) in [5, 5.41) is 7.41. The second-order valence-electron chi connectivity index (χ2n) is 6.60. The van der Waals surface area contributed by atoms with E-state index < -0.39 is 0 Å². The summed E-state index contributed by atoms with van der Waals surface area (Å²) in [6.07, 6.45) is 4.12. The fraction of sp³-hybridized carbons (Fsp3) is 0.474. The molecule has 2 heterocycles. The summed E-state index contributed by atoms with van der Waals surface area (Å²) in [5.41, 5.74) is 7.12. The van der Waals surface area contributed by atoms with Crippen molar-refractivity contribution >= 4 is 11.7 Å². The van der Waals surface area contributed by atoms with Crippen LogP contribution < -0.4 is 11.1 Å². The van der Waals surface area contributed by atoms with E-state index >= 15 is 0 Å². The molecule has 0 radical (unpaired) electrons. The van der Waals surface area contributed by atoms with Crippen LogP contribution in [0.3, 0.4) is 0 Å². The summed E-state index contributed by atoms with van der Waals surface area (Å²) in [4.78, 5) is 14.8. The molecule has 6 nitrogen and oxygen atoms in total. The smallest absolute Gasteiger partial charge is 0.227 e. The van der Waals surface area contributed by atoms with E-state index in [0.29, 0.717) is 6.04 Å². The van der Waals surface area contributed by atoms with Gasteiger partial charge in [0.05, 0.1) is 12.2 Å². The van der Waals surface area contributed by atoms with E-state index in [1.165, 1.54) is 0 Å². The zero-order valence-electron chi connectivity index (χ0n) is 14.8. The normalized spacial score (nSPS) is 17.4. The van der Waals surface area contributed by atoms with Crippen molar-refractivity contribution < 1.29 is 4.79 Å². The zero-order chi connectivity index (χ0) is 17.6. The Balaban J connectivity index is 1.58. The minimum absolute atomic E-state index is 0.0795. The number of rotatable bonds is 6. The van der Waals surface area contributed by atoms with Crippen LogP contribution in [0, 0.1) is 0 Å². The molecule has 1 atom stereocenters. The lowest BCUT2D eigenvalue weighted by molar-refractivity contribution is -0.116. The number of carbonyl (C=O) groups excluding carboxylic acids is 1. The lowest BCUT2D eigenvalue weighted by Gasteiger charge is -2.31. The van der Waals surface area contributed by atoms with Gasteiger partial charge in [0.2, 0.25) is 5.91 Å². The Hall–Kier alpha value is -2.18. The molecule has 0 spiro atoms. The highest BCUT2D eigenvalue weighted by Gasteiger charge is 2.22. The first kappa shape index (κ1) is 17.6. The van der Waals surface area contributed by atoms with Gasteiger partial charge < -0.3 is 16.0 Å². The summed E-state index contributed by atoms with van der Waals surface area (Å²) in [6, 6.07) is 11.6. The van der Waals surface area contributed by atoms with Crippen LogP contribution in [0.2, 0.25) is 0 Å². The number of aromatic nitrogens is 2. The average Bonchev–Trinajstić information content (AvgIpc) is 3.10. The van der Waals surface area contributed by atoms with E-state index in [9.17, 15) is 4.79 Å². The zero-order valence-corrected chi connectivity index (χ0v) is 14.8. The fourth-order valence-corrected chi connectivity index (χ4v) is 3.40. The maximum Gasteiger partial charge on any atom is 0.227 e. The molecule has 3 rings (SSSR count). The van der Waals surface area contributed by atoms with Crippen molar-refractivity contribution in [1.82, 2.24) is 14.7 Å². The average molecular weight is 341 g/mol. The lowest BCUT2D eigenvalue weighted by Crippen LogP contribution is -2.35. The van der Waals surface area contributed by atoms with Gasteiger partial charge in [0, 0.05) is 31.6 Å². The Bertz CT molecular complexity index is 676. The SMILES string of the molecule is CCN1CCC(n2nccc2NC(=O)CC(N)c2ccccc2)CC1. The maximum absolute atomic E-state index is 12.4. The van der Waals surface area contributed by atoms with Crippen LogP contribution in [-0.4, -0.2) is 40.2 Å². The molecule has 0 bridgehead atoms. The maximum atomic E-state index is 12.4. The molecule has 1 unspecified atom stereocenters. The third-order valence-electron chi connectivity index (χ3n) is 4.92. The molecule has 2 aromatic rings. The summed E-state index contributed by atoms with van der Waals surface area (Å²) < 4.78 is 1.96. The molecule has 1 aliphatic heterocycles. The van der Waals surface area contributed by atoms with Gasteiger partial charge in [-0.15, -0.1) is 0 Å². The van der Waals surface area contributed by atoms with E-state index in [0.717, 1.165) is 43.9 Å². The van der Waals surface area contributed by atoms with Gasteiger partial charge in [0.1, 0.15) is 5.82 Å². The number of benzene rings is 1. The molecule has 6 heteroatoms. The summed E-state index contributed by atoms with van der Waals surface area (Å²) in [5.74, 6) is 0.685. The first-order chi connectivity index (χ1) is 12.2. The van der Waals surface area contributed by atoms with Crippen LogP contribution in [-0.2, 0) is 4.79 Å². The Labute approximate surface area is 149 Å². The number of anilines is 1. The Morgan fingerprint density at radius 3 is 2.68 bits per heavy atom. The number of nitrogens with two attached hydrogens (primary N) is 1. The molecular formula is C19H27N5O. The highest BCUT2D eigenvalue weighted by Crippen LogP contribution is 2.25. The van der Waals surface area contributed by atoms with Gasteiger partial charge in [-0.3, -0.25) is 4.79 Å².